The molecule has 0 aliphatic rings. The molecule has 4 heteroatoms. The minimum Gasteiger partial charge on any atom is -0.462 e. The van der Waals surface area contributed by atoms with Crippen molar-refractivity contribution in [1.82, 2.24) is 0 Å². The van der Waals surface area contributed by atoms with Crippen molar-refractivity contribution in [2.75, 3.05) is 10.6 Å². The number of anilines is 3. The van der Waals surface area contributed by atoms with E-state index in [4.69, 9.17) is 4.42 Å². The van der Waals surface area contributed by atoms with Gasteiger partial charge in [-0.05, 0) is 61.5 Å². The number of aryl methyl sites for hydroxylation is 1. The largest absolute Gasteiger partial charge is 0.462 e. The molecule has 4 nitrogen and oxygen atoms in total. The van der Waals surface area contributed by atoms with Gasteiger partial charge in [0.1, 0.15) is 11.5 Å². The van der Waals surface area contributed by atoms with E-state index in [2.05, 4.69) is 10.6 Å². The van der Waals surface area contributed by atoms with Crippen LogP contribution in [0.1, 0.15) is 11.5 Å². The SMILES string of the molecule is Cc1ccc(/C=C/C(=O)Nc2ccc(Nc3ccccc3)cc2)o1. The highest BCUT2D eigenvalue weighted by molar-refractivity contribution is 6.01. The molecule has 3 aromatic rings. The number of benzene rings is 2. The molecule has 1 heterocycles. The summed E-state index contributed by atoms with van der Waals surface area (Å²) in [5.41, 5.74) is 2.71. The molecule has 24 heavy (non-hydrogen) atoms. The summed E-state index contributed by atoms with van der Waals surface area (Å²) in [7, 11) is 0. The second-order valence-electron chi connectivity index (χ2n) is 5.34. The number of furan rings is 1. The summed E-state index contributed by atoms with van der Waals surface area (Å²) in [6.45, 7) is 1.86. The van der Waals surface area contributed by atoms with E-state index in [-0.39, 0.29) is 5.91 Å². The molecule has 2 aromatic carbocycles. The maximum atomic E-state index is 11.9. The van der Waals surface area contributed by atoms with Gasteiger partial charge in [-0.3, -0.25) is 4.79 Å². The van der Waals surface area contributed by atoms with Crippen LogP contribution in [0.25, 0.3) is 6.08 Å². The van der Waals surface area contributed by atoms with Gasteiger partial charge in [-0.15, -0.1) is 0 Å². The maximum absolute atomic E-state index is 11.9. The van der Waals surface area contributed by atoms with Gasteiger partial charge in [0.15, 0.2) is 0 Å². The highest BCUT2D eigenvalue weighted by atomic mass is 16.3. The van der Waals surface area contributed by atoms with E-state index >= 15 is 0 Å². The third-order valence-corrected chi connectivity index (χ3v) is 3.38. The molecule has 0 bridgehead atoms. The molecule has 0 spiro atoms. The molecule has 0 saturated heterocycles. The van der Waals surface area contributed by atoms with Crippen LogP contribution in [0.15, 0.2) is 77.2 Å². The Hall–Kier alpha value is -3.27. The van der Waals surface area contributed by atoms with E-state index in [0.29, 0.717) is 5.76 Å². The first-order valence-corrected chi connectivity index (χ1v) is 7.67. The number of amides is 1. The molecule has 0 aliphatic carbocycles. The molecule has 120 valence electrons. The van der Waals surface area contributed by atoms with Crippen molar-refractivity contribution in [3.05, 3.63) is 84.3 Å². The Balaban J connectivity index is 1.57. The lowest BCUT2D eigenvalue weighted by Crippen LogP contribution is -2.07. The molecule has 0 radical (unpaired) electrons. The van der Waals surface area contributed by atoms with Gasteiger partial charge in [0.05, 0.1) is 0 Å². The van der Waals surface area contributed by atoms with Crippen LogP contribution in [0.5, 0.6) is 0 Å². The maximum Gasteiger partial charge on any atom is 0.248 e. The zero-order valence-corrected chi connectivity index (χ0v) is 13.3. The summed E-state index contributed by atoms with van der Waals surface area (Å²) < 4.78 is 5.38. The van der Waals surface area contributed by atoms with E-state index in [9.17, 15) is 4.79 Å². The summed E-state index contributed by atoms with van der Waals surface area (Å²) in [6.07, 6.45) is 3.10. The van der Waals surface area contributed by atoms with Crippen LogP contribution in [-0.2, 0) is 4.79 Å². The standard InChI is InChI=1S/C20H18N2O2/c1-15-7-12-19(24-15)13-14-20(23)22-18-10-8-17(9-11-18)21-16-5-3-2-4-6-16/h2-14,21H,1H3,(H,22,23)/b14-13+. The van der Waals surface area contributed by atoms with Gasteiger partial charge in [-0.2, -0.15) is 0 Å². The number of rotatable bonds is 5. The average molecular weight is 318 g/mol. The molecule has 1 aromatic heterocycles. The van der Waals surface area contributed by atoms with Crippen LogP contribution in [0.2, 0.25) is 0 Å². The fourth-order valence-electron chi connectivity index (χ4n) is 2.21. The van der Waals surface area contributed by atoms with E-state index in [1.165, 1.54) is 6.08 Å². The average Bonchev–Trinajstić information content (AvgIpc) is 3.01. The van der Waals surface area contributed by atoms with Crippen molar-refractivity contribution in [3.63, 3.8) is 0 Å². The van der Waals surface area contributed by atoms with E-state index in [1.807, 2.05) is 73.7 Å². The Labute approximate surface area is 140 Å². The third-order valence-electron chi connectivity index (χ3n) is 3.38. The Morgan fingerprint density at radius 3 is 2.21 bits per heavy atom. The van der Waals surface area contributed by atoms with Crippen molar-refractivity contribution in [1.29, 1.82) is 0 Å². The van der Waals surface area contributed by atoms with Crippen LogP contribution in [0, 0.1) is 6.92 Å². The summed E-state index contributed by atoms with van der Waals surface area (Å²) in [5.74, 6) is 1.27. The van der Waals surface area contributed by atoms with E-state index in [0.717, 1.165) is 22.8 Å². The van der Waals surface area contributed by atoms with Gasteiger partial charge in [0.2, 0.25) is 5.91 Å². The van der Waals surface area contributed by atoms with Gasteiger partial charge >= 0.3 is 0 Å². The number of hydrogen-bond acceptors (Lipinski definition) is 3. The Morgan fingerprint density at radius 2 is 1.54 bits per heavy atom. The van der Waals surface area contributed by atoms with Gasteiger partial charge in [0, 0.05) is 23.1 Å². The number of para-hydroxylation sites is 1. The predicted octanol–water partition coefficient (Wildman–Crippen LogP) is 4.98. The van der Waals surface area contributed by atoms with Crippen LogP contribution >= 0.6 is 0 Å². The van der Waals surface area contributed by atoms with Crippen molar-refractivity contribution >= 4 is 29.0 Å². The van der Waals surface area contributed by atoms with Gasteiger partial charge < -0.3 is 15.1 Å². The minimum atomic E-state index is -0.201. The Kier molecular flexibility index (Phi) is 4.77. The van der Waals surface area contributed by atoms with Gasteiger partial charge in [-0.1, -0.05) is 18.2 Å². The number of carbonyl (C=O) groups is 1. The number of nitrogens with one attached hydrogen (secondary N) is 2. The van der Waals surface area contributed by atoms with Crippen LogP contribution < -0.4 is 10.6 Å². The van der Waals surface area contributed by atoms with Crippen LogP contribution in [-0.4, -0.2) is 5.91 Å². The Bertz CT molecular complexity index is 834. The first-order chi connectivity index (χ1) is 11.7. The van der Waals surface area contributed by atoms with Crippen molar-refractivity contribution in [2.24, 2.45) is 0 Å². The van der Waals surface area contributed by atoms with Gasteiger partial charge in [0.25, 0.3) is 0 Å². The van der Waals surface area contributed by atoms with Crippen molar-refractivity contribution < 1.29 is 9.21 Å². The summed E-state index contributed by atoms with van der Waals surface area (Å²) >= 11 is 0. The zero-order valence-electron chi connectivity index (χ0n) is 13.3. The normalized spacial score (nSPS) is 10.7. The number of hydrogen-bond donors (Lipinski definition) is 2. The minimum absolute atomic E-state index is 0.201. The molecule has 0 fully saturated rings. The smallest absolute Gasteiger partial charge is 0.248 e. The van der Waals surface area contributed by atoms with E-state index in [1.54, 1.807) is 6.08 Å². The molecule has 1 amide bonds. The molecule has 0 saturated carbocycles. The molecule has 0 unspecified atom stereocenters. The lowest BCUT2D eigenvalue weighted by Gasteiger charge is -2.07. The first kappa shape index (κ1) is 15.6. The molecule has 0 aliphatic heterocycles. The lowest BCUT2D eigenvalue weighted by molar-refractivity contribution is -0.111. The van der Waals surface area contributed by atoms with E-state index < -0.39 is 0 Å². The molecule has 0 atom stereocenters. The summed E-state index contributed by atoms with van der Waals surface area (Å²) in [4.78, 5) is 11.9. The quantitative estimate of drug-likeness (QED) is 0.652. The molecule has 2 N–H and O–H groups in total. The second-order valence-corrected chi connectivity index (χ2v) is 5.34. The Morgan fingerprint density at radius 1 is 0.875 bits per heavy atom. The molecular weight excluding hydrogens is 300 g/mol. The van der Waals surface area contributed by atoms with Crippen molar-refractivity contribution in [3.8, 4) is 0 Å². The summed E-state index contributed by atoms with van der Waals surface area (Å²) in [5, 5.41) is 6.11. The zero-order chi connectivity index (χ0) is 16.8. The second kappa shape index (κ2) is 7.33. The van der Waals surface area contributed by atoms with Crippen LogP contribution in [0.3, 0.4) is 0 Å². The fraction of sp³-hybridized carbons (Fsp3) is 0.0500. The molecular formula is C20H18N2O2. The van der Waals surface area contributed by atoms with Crippen LogP contribution in [0.4, 0.5) is 17.1 Å². The summed E-state index contributed by atoms with van der Waals surface area (Å²) in [6, 6.07) is 21.1. The highest BCUT2D eigenvalue weighted by Gasteiger charge is 2.00. The monoisotopic (exact) mass is 318 g/mol. The van der Waals surface area contributed by atoms with Crippen molar-refractivity contribution in [2.45, 2.75) is 6.92 Å². The van der Waals surface area contributed by atoms with Gasteiger partial charge in [-0.25, -0.2) is 0 Å². The predicted molar refractivity (Wildman–Crippen MR) is 97.3 cm³/mol. The fourth-order valence-corrected chi connectivity index (χ4v) is 2.21. The topological polar surface area (TPSA) is 54.3 Å². The number of carbonyl (C=O) groups excluding carboxylic acids is 1. The first-order valence-electron chi connectivity index (χ1n) is 7.67. The lowest BCUT2D eigenvalue weighted by atomic mass is 10.2. The third kappa shape index (κ3) is 4.36. The highest BCUT2D eigenvalue weighted by Crippen LogP contribution is 2.18. The molecule has 3 rings (SSSR count).